The average molecular weight is 628 g/mol. The van der Waals surface area contributed by atoms with E-state index in [1.165, 1.54) is 67.3 Å². The van der Waals surface area contributed by atoms with Crippen molar-refractivity contribution in [3.8, 4) is 11.5 Å². The third kappa shape index (κ3) is 8.55. The summed E-state index contributed by atoms with van der Waals surface area (Å²) in [6.45, 7) is 4.91. The van der Waals surface area contributed by atoms with E-state index in [4.69, 9.17) is 9.92 Å². The molecule has 0 spiro atoms. The molecule has 0 saturated carbocycles. The second-order valence-corrected chi connectivity index (χ2v) is 14.0. The number of carbonyl (C=O) groups excluding carboxylic acids is 2. The summed E-state index contributed by atoms with van der Waals surface area (Å²) in [5.74, 6) is -0.668. The van der Waals surface area contributed by atoms with Crippen molar-refractivity contribution in [2.45, 2.75) is 57.0 Å². The molecule has 1 saturated heterocycles. The number of nitrogens with zero attached hydrogens (tertiary/aromatic N) is 2. The number of urea groups is 1. The minimum Gasteiger partial charge on any atom is -0.508 e. The number of nitrogens with two attached hydrogens (primary N) is 1. The normalized spacial score (nSPS) is 19.3. The highest BCUT2D eigenvalue weighted by molar-refractivity contribution is 7.87. The molecule has 1 fully saturated rings. The zero-order valence-electron chi connectivity index (χ0n) is 25.1. The second-order valence-electron chi connectivity index (χ2n) is 11.9. The number of quaternary nitrogens is 1. The van der Waals surface area contributed by atoms with Gasteiger partial charge in [-0.15, -0.1) is 0 Å². The van der Waals surface area contributed by atoms with Gasteiger partial charge in [-0.05, 0) is 87.2 Å². The molecule has 3 atom stereocenters. The third-order valence-corrected chi connectivity index (χ3v) is 9.37. The van der Waals surface area contributed by atoms with E-state index in [9.17, 15) is 27.5 Å². The van der Waals surface area contributed by atoms with Crippen molar-refractivity contribution in [2.24, 2.45) is 5.73 Å². The molecule has 3 aromatic carbocycles. The van der Waals surface area contributed by atoms with Gasteiger partial charge in [0, 0.05) is 11.3 Å². The monoisotopic (exact) mass is 627 g/mol. The van der Waals surface area contributed by atoms with Crippen LogP contribution < -0.4 is 15.2 Å². The van der Waals surface area contributed by atoms with Crippen LogP contribution in [0.3, 0.4) is 0 Å². The molecule has 1 aliphatic rings. The van der Waals surface area contributed by atoms with Crippen LogP contribution in [0.4, 0.5) is 14.9 Å². The molecule has 236 valence electrons. The summed E-state index contributed by atoms with van der Waals surface area (Å²) in [5.41, 5.74) is 8.41. The molecule has 44 heavy (non-hydrogen) atoms. The Kier molecular flexibility index (Phi) is 10.3. The van der Waals surface area contributed by atoms with E-state index in [2.05, 4.69) is 12.4 Å². The first-order chi connectivity index (χ1) is 20.7. The molecule has 0 aliphatic carbocycles. The number of hydrogen-bond acceptors (Lipinski definition) is 7. The Morgan fingerprint density at radius 1 is 1.05 bits per heavy atom. The van der Waals surface area contributed by atoms with Crippen LogP contribution in [0.1, 0.15) is 37.8 Å². The molecule has 0 bridgehead atoms. The van der Waals surface area contributed by atoms with Crippen LogP contribution in [0.15, 0.2) is 72.8 Å². The highest BCUT2D eigenvalue weighted by atomic mass is 32.2. The summed E-state index contributed by atoms with van der Waals surface area (Å²) in [4.78, 5) is 28.9. The third-order valence-electron chi connectivity index (χ3n) is 7.79. The predicted octanol–water partition coefficient (Wildman–Crippen LogP) is 4.39. The number of likely N-dealkylation sites (N-methyl/N-ethyl adjacent to an activating group) is 1. The average Bonchev–Trinajstić information content (AvgIpc) is 2.96. The van der Waals surface area contributed by atoms with Gasteiger partial charge in [-0.2, -0.15) is 8.42 Å². The second kappa shape index (κ2) is 13.7. The zero-order chi connectivity index (χ0) is 32.1. The Morgan fingerprint density at radius 2 is 1.66 bits per heavy atom. The number of amides is 3. The molecule has 1 aliphatic heterocycles. The number of likely N-dealkylation sites (tertiary alicyclic amines) is 1. The molecule has 4 N–H and O–H groups in total. The van der Waals surface area contributed by atoms with Gasteiger partial charge in [0.05, 0.1) is 30.9 Å². The van der Waals surface area contributed by atoms with Gasteiger partial charge in [0.15, 0.2) is 0 Å². The Balaban J connectivity index is 1.56. The quantitative estimate of drug-likeness (QED) is 0.224. The molecule has 0 aromatic heterocycles. The van der Waals surface area contributed by atoms with Crippen molar-refractivity contribution >= 4 is 27.7 Å². The molecule has 3 amide bonds. The number of hydrogen-bond donors (Lipinski definition) is 3. The van der Waals surface area contributed by atoms with E-state index >= 15 is 0 Å². The maximum absolute atomic E-state index is 13.9. The van der Waals surface area contributed by atoms with Gasteiger partial charge in [0.1, 0.15) is 30.4 Å². The maximum atomic E-state index is 13.9. The smallest absolute Gasteiger partial charge is 0.329 e. The van der Waals surface area contributed by atoms with Crippen molar-refractivity contribution in [3.63, 3.8) is 0 Å². The van der Waals surface area contributed by atoms with Gasteiger partial charge in [-0.3, -0.25) is 9.69 Å². The molecule has 1 unspecified atom stereocenters. The molecule has 3 aromatic rings. The fourth-order valence-corrected chi connectivity index (χ4v) is 5.96. The van der Waals surface area contributed by atoms with Gasteiger partial charge in [0.25, 0.3) is 0 Å². The van der Waals surface area contributed by atoms with E-state index in [-0.39, 0.29) is 23.7 Å². The Morgan fingerprint density at radius 3 is 2.27 bits per heavy atom. The molecule has 4 rings (SSSR count). The fourth-order valence-electron chi connectivity index (χ4n) is 5.39. The minimum absolute atomic E-state index is 0.0910. The molecular formula is C32H40FN4O6S+. The van der Waals surface area contributed by atoms with E-state index < -0.39 is 39.4 Å². The van der Waals surface area contributed by atoms with Crippen LogP contribution in [0.2, 0.25) is 0 Å². The molecule has 10 nitrogen and oxygen atoms in total. The SMILES string of the molecule is CC(C)S(=O)(=O)Oc1ccc(NC(=O)N(C(=O)[C@@H](N)Cc2ccc(O)cc2)[C@H]2CCC[N+](C)(Cc3ccc(F)cc3)C2)cc1. The number of phenolic OH excluding ortho intramolecular Hbond substituents is 1. The van der Waals surface area contributed by atoms with E-state index in [1.54, 1.807) is 24.3 Å². The Labute approximate surface area is 257 Å². The maximum Gasteiger partial charge on any atom is 0.329 e. The van der Waals surface area contributed by atoms with Crippen LogP contribution in [0.5, 0.6) is 11.5 Å². The van der Waals surface area contributed by atoms with Crippen molar-refractivity contribution in [1.82, 2.24) is 4.90 Å². The lowest BCUT2D eigenvalue weighted by atomic mass is 9.98. The minimum atomic E-state index is -3.79. The summed E-state index contributed by atoms with van der Waals surface area (Å²) >= 11 is 0. The van der Waals surface area contributed by atoms with Gasteiger partial charge in [0.2, 0.25) is 5.91 Å². The Hall–Kier alpha value is -4.00. The summed E-state index contributed by atoms with van der Waals surface area (Å²) < 4.78 is 43.4. The number of rotatable bonds is 10. The number of piperidine rings is 1. The molecule has 12 heteroatoms. The van der Waals surface area contributed by atoms with E-state index in [0.717, 1.165) is 24.1 Å². The first kappa shape index (κ1) is 32.9. The van der Waals surface area contributed by atoms with E-state index in [0.29, 0.717) is 29.7 Å². The number of aromatic hydroxyl groups is 1. The van der Waals surface area contributed by atoms with Crippen LogP contribution >= 0.6 is 0 Å². The summed E-state index contributed by atoms with van der Waals surface area (Å²) in [6, 6.07) is 16.4. The van der Waals surface area contributed by atoms with Gasteiger partial charge in [-0.1, -0.05) is 24.3 Å². The van der Waals surface area contributed by atoms with Crippen molar-refractivity contribution in [1.29, 1.82) is 0 Å². The lowest BCUT2D eigenvalue weighted by molar-refractivity contribution is -0.928. The van der Waals surface area contributed by atoms with Gasteiger partial charge in [-0.25, -0.2) is 9.18 Å². The number of anilines is 1. The first-order valence-electron chi connectivity index (χ1n) is 14.5. The van der Waals surface area contributed by atoms with Crippen LogP contribution in [0.25, 0.3) is 0 Å². The van der Waals surface area contributed by atoms with Crippen LogP contribution in [0, 0.1) is 5.82 Å². The summed E-state index contributed by atoms with van der Waals surface area (Å²) in [7, 11) is -1.74. The van der Waals surface area contributed by atoms with Crippen molar-refractivity contribution in [3.05, 3.63) is 89.7 Å². The highest BCUT2D eigenvalue weighted by Gasteiger charge is 2.41. The number of carbonyl (C=O) groups is 2. The fraction of sp³-hybridized carbons (Fsp3) is 0.375. The Bertz CT molecular complexity index is 1550. The topological polar surface area (TPSA) is 139 Å². The van der Waals surface area contributed by atoms with Gasteiger partial charge < -0.3 is 24.8 Å². The van der Waals surface area contributed by atoms with Crippen molar-refractivity contribution < 1.29 is 36.2 Å². The first-order valence-corrected chi connectivity index (χ1v) is 16.0. The highest BCUT2D eigenvalue weighted by Crippen LogP contribution is 2.26. The number of benzene rings is 3. The molecule has 0 radical (unpaired) electrons. The number of nitrogens with one attached hydrogen (secondary N) is 1. The molecular weight excluding hydrogens is 587 g/mol. The lowest BCUT2D eigenvalue weighted by Crippen LogP contribution is -2.62. The van der Waals surface area contributed by atoms with Crippen LogP contribution in [-0.2, 0) is 27.9 Å². The number of phenols is 1. The lowest BCUT2D eigenvalue weighted by Gasteiger charge is -2.44. The standard InChI is InChI=1S/C32H39FN4O6S/c1-22(2)44(41,42)43-29-16-12-26(13-17-29)35-32(40)36(31(39)30(34)19-23-8-14-28(38)15-9-23)27-5-4-18-37(3,21-27)20-24-6-10-25(33)11-7-24/h6-17,22,27,30H,4-5,18-21,34H2,1-3H3,(H-,35,38,40)/p+1/t27-,30-,37?/m0/s1. The van der Waals surface area contributed by atoms with Crippen molar-refractivity contribution in [2.75, 3.05) is 25.5 Å². The number of imide groups is 1. The largest absolute Gasteiger partial charge is 0.508 e. The van der Waals surface area contributed by atoms with Crippen LogP contribution in [-0.4, -0.2) is 72.3 Å². The predicted molar refractivity (Wildman–Crippen MR) is 166 cm³/mol. The summed E-state index contributed by atoms with van der Waals surface area (Å²) in [6.07, 6.45) is 1.50. The van der Waals surface area contributed by atoms with Gasteiger partial charge >= 0.3 is 16.1 Å². The number of halogens is 1. The zero-order valence-corrected chi connectivity index (χ0v) is 26.0. The van der Waals surface area contributed by atoms with E-state index in [1.807, 2.05) is 0 Å². The summed E-state index contributed by atoms with van der Waals surface area (Å²) in [5, 5.41) is 11.7. The molecule has 1 heterocycles.